The van der Waals surface area contributed by atoms with E-state index in [9.17, 15) is 0 Å². The third kappa shape index (κ3) is 5.44. The molecule has 0 heterocycles. The van der Waals surface area contributed by atoms with Crippen LogP contribution in [0.25, 0.3) is 0 Å². The highest BCUT2D eigenvalue weighted by molar-refractivity contribution is 5.83. The van der Waals surface area contributed by atoms with Gasteiger partial charge < -0.3 is 5.32 Å². The van der Waals surface area contributed by atoms with Crippen LogP contribution >= 0.6 is 0 Å². The first kappa shape index (κ1) is 9.30. The van der Waals surface area contributed by atoms with E-state index in [4.69, 9.17) is 0 Å². The maximum absolute atomic E-state index is 4.00. The van der Waals surface area contributed by atoms with E-state index in [0.717, 1.165) is 18.8 Å². The maximum Gasteiger partial charge on any atom is 0.0335 e. The van der Waals surface area contributed by atoms with Gasteiger partial charge in [-0.3, -0.25) is 9.98 Å². The Labute approximate surface area is 62.3 Å². The van der Waals surface area contributed by atoms with Crippen molar-refractivity contribution in [3.63, 3.8) is 0 Å². The molecule has 0 aromatic rings. The molecule has 0 aromatic carbocycles. The summed E-state index contributed by atoms with van der Waals surface area (Å²) in [6, 6.07) is 0. The first-order valence-electron chi connectivity index (χ1n) is 3.35. The second kappa shape index (κ2) is 6.42. The zero-order valence-corrected chi connectivity index (χ0v) is 6.89. The van der Waals surface area contributed by atoms with Gasteiger partial charge in [0.2, 0.25) is 0 Å². The second-order valence-electron chi connectivity index (χ2n) is 2.03. The highest BCUT2D eigenvalue weighted by Gasteiger charge is 1.85. The number of nitrogens with zero attached hydrogens (tertiary/aromatic N) is 2. The summed E-state index contributed by atoms with van der Waals surface area (Å²) in [6.45, 7) is 3.67. The molecule has 0 aliphatic heterocycles. The molecule has 58 valence electrons. The quantitative estimate of drug-likeness (QED) is 0.445. The summed E-state index contributed by atoms with van der Waals surface area (Å²) in [5.41, 5.74) is 1.12. The monoisotopic (exact) mass is 141 g/mol. The van der Waals surface area contributed by atoms with Gasteiger partial charge in [0.1, 0.15) is 0 Å². The Morgan fingerprint density at radius 3 is 2.70 bits per heavy atom. The fourth-order valence-corrected chi connectivity index (χ4v) is 0.488. The van der Waals surface area contributed by atoms with Crippen molar-refractivity contribution in [1.82, 2.24) is 5.32 Å². The fourth-order valence-electron chi connectivity index (χ4n) is 0.488. The van der Waals surface area contributed by atoms with Gasteiger partial charge >= 0.3 is 0 Å². The van der Waals surface area contributed by atoms with Crippen molar-refractivity contribution >= 4 is 11.9 Å². The number of rotatable bonds is 4. The molecule has 10 heavy (non-hydrogen) atoms. The van der Waals surface area contributed by atoms with Crippen LogP contribution < -0.4 is 5.32 Å². The molecule has 0 unspecified atom stereocenters. The van der Waals surface area contributed by atoms with Gasteiger partial charge in [-0.2, -0.15) is 0 Å². The molecule has 0 fully saturated rings. The fraction of sp³-hybridized carbons (Fsp3) is 0.714. The van der Waals surface area contributed by atoms with E-state index in [1.54, 1.807) is 14.1 Å². The summed E-state index contributed by atoms with van der Waals surface area (Å²) in [5, 5.41) is 3.16. The lowest BCUT2D eigenvalue weighted by atomic mass is 10.4. The normalized spacial score (nSPS) is 12.9. The van der Waals surface area contributed by atoms with E-state index in [0.29, 0.717) is 0 Å². The third-order valence-electron chi connectivity index (χ3n) is 1.18. The van der Waals surface area contributed by atoms with Crippen molar-refractivity contribution in [2.45, 2.75) is 6.92 Å². The van der Waals surface area contributed by atoms with Crippen LogP contribution in [0.5, 0.6) is 0 Å². The Hall–Kier alpha value is -0.700. The topological polar surface area (TPSA) is 36.8 Å². The van der Waals surface area contributed by atoms with Gasteiger partial charge in [0, 0.05) is 39.1 Å². The minimum absolute atomic E-state index is 0.823. The predicted octanol–water partition coefficient (Wildman–Crippen LogP) is 0.367. The van der Waals surface area contributed by atoms with Gasteiger partial charge in [0.25, 0.3) is 0 Å². The smallest absolute Gasteiger partial charge is 0.0335 e. The van der Waals surface area contributed by atoms with Crippen molar-refractivity contribution in [2.24, 2.45) is 9.98 Å². The van der Waals surface area contributed by atoms with Crippen molar-refractivity contribution in [1.29, 1.82) is 0 Å². The first-order valence-corrected chi connectivity index (χ1v) is 3.35. The standard InChI is InChI=1S/C7H15N3/c1-7(9-3)6-10-5-4-8-2/h4,10H,5-6H2,1-3H3/b8-4+,9-7+. The number of aliphatic imine (C=N–C) groups is 2. The number of hydrogen-bond donors (Lipinski definition) is 1. The lowest BCUT2D eigenvalue weighted by Crippen LogP contribution is -2.22. The molecular formula is C7H15N3. The summed E-state index contributed by atoms with van der Waals surface area (Å²) in [4.78, 5) is 7.83. The van der Waals surface area contributed by atoms with E-state index < -0.39 is 0 Å². The van der Waals surface area contributed by atoms with E-state index in [2.05, 4.69) is 15.3 Å². The zero-order chi connectivity index (χ0) is 7.82. The second-order valence-corrected chi connectivity index (χ2v) is 2.03. The maximum atomic E-state index is 4.00. The molecule has 0 amide bonds. The van der Waals surface area contributed by atoms with Gasteiger partial charge in [-0.1, -0.05) is 0 Å². The highest BCUT2D eigenvalue weighted by Crippen LogP contribution is 1.69. The van der Waals surface area contributed by atoms with Gasteiger partial charge in [0.15, 0.2) is 0 Å². The van der Waals surface area contributed by atoms with Crippen molar-refractivity contribution in [3.8, 4) is 0 Å². The van der Waals surface area contributed by atoms with Crippen molar-refractivity contribution < 1.29 is 0 Å². The van der Waals surface area contributed by atoms with Gasteiger partial charge in [-0.15, -0.1) is 0 Å². The molecule has 3 nitrogen and oxygen atoms in total. The Morgan fingerprint density at radius 1 is 1.50 bits per heavy atom. The summed E-state index contributed by atoms with van der Waals surface area (Å²) < 4.78 is 0. The molecule has 0 spiro atoms. The summed E-state index contributed by atoms with van der Waals surface area (Å²) in [7, 11) is 3.56. The molecule has 0 aliphatic carbocycles. The largest absolute Gasteiger partial charge is 0.306 e. The molecule has 0 aliphatic rings. The van der Waals surface area contributed by atoms with Gasteiger partial charge in [0.05, 0.1) is 0 Å². The molecule has 0 saturated carbocycles. The SMILES string of the molecule is C/N=C/CNC/C(C)=N/C. The Balaban J connectivity index is 3.20. The Morgan fingerprint density at radius 2 is 2.20 bits per heavy atom. The van der Waals surface area contributed by atoms with Crippen LogP contribution in [0.2, 0.25) is 0 Å². The van der Waals surface area contributed by atoms with Crippen molar-refractivity contribution in [3.05, 3.63) is 0 Å². The van der Waals surface area contributed by atoms with E-state index in [1.807, 2.05) is 13.1 Å². The molecule has 0 radical (unpaired) electrons. The van der Waals surface area contributed by atoms with Crippen LogP contribution in [-0.2, 0) is 0 Å². The molecule has 0 atom stereocenters. The average Bonchev–Trinajstić information content (AvgIpc) is 1.98. The highest BCUT2D eigenvalue weighted by atomic mass is 14.9. The first-order chi connectivity index (χ1) is 4.81. The lowest BCUT2D eigenvalue weighted by Gasteiger charge is -1.97. The van der Waals surface area contributed by atoms with Crippen LogP contribution in [0.3, 0.4) is 0 Å². The number of hydrogen-bond acceptors (Lipinski definition) is 3. The predicted molar refractivity (Wildman–Crippen MR) is 46.3 cm³/mol. The van der Waals surface area contributed by atoms with E-state index >= 15 is 0 Å². The van der Waals surface area contributed by atoms with Gasteiger partial charge in [-0.05, 0) is 6.92 Å². The molecule has 1 N–H and O–H groups in total. The summed E-state index contributed by atoms with van der Waals surface area (Å²) >= 11 is 0. The minimum Gasteiger partial charge on any atom is -0.306 e. The van der Waals surface area contributed by atoms with Crippen LogP contribution in [0, 0.1) is 0 Å². The third-order valence-corrected chi connectivity index (χ3v) is 1.18. The number of nitrogens with one attached hydrogen (secondary N) is 1. The van der Waals surface area contributed by atoms with E-state index in [1.165, 1.54) is 0 Å². The Bertz CT molecular complexity index is 127. The molecular weight excluding hydrogens is 126 g/mol. The minimum atomic E-state index is 0.823. The zero-order valence-electron chi connectivity index (χ0n) is 6.89. The van der Waals surface area contributed by atoms with Crippen LogP contribution in [0.1, 0.15) is 6.92 Å². The molecule has 0 rings (SSSR count). The lowest BCUT2D eigenvalue weighted by molar-refractivity contribution is 0.890. The van der Waals surface area contributed by atoms with Crippen molar-refractivity contribution in [2.75, 3.05) is 27.2 Å². The molecule has 3 heteroatoms. The van der Waals surface area contributed by atoms with E-state index in [-0.39, 0.29) is 0 Å². The van der Waals surface area contributed by atoms with Crippen LogP contribution in [0.4, 0.5) is 0 Å². The molecule has 0 bridgehead atoms. The average molecular weight is 141 g/mol. The summed E-state index contributed by atoms with van der Waals surface area (Å²) in [5.74, 6) is 0. The van der Waals surface area contributed by atoms with Gasteiger partial charge in [-0.25, -0.2) is 0 Å². The van der Waals surface area contributed by atoms with Crippen LogP contribution in [-0.4, -0.2) is 39.1 Å². The molecule has 0 aromatic heterocycles. The summed E-state index contributed by atoms with van der Waals surface area (Å²) in [6.07, 6.45) is 1.84. The Kier molecular flexibility index (Phi) is 5.97. The molecule has 0 saturated heterocycles. The van der Waals surface area contributed by atoms with Crippen LogP contribution in [0.15, 0.2) is 9.98 Å².